The Labute approximate surface area is 136 Å². The molecule has 7 nitrogen and oxygen atoms in total. The van der Waals surface area contributed by atoms with E-state index in [-0.39, 0.29) is 17.6 Å². The number of rotatable bonds is 2. The molecule has 0 aromatic carbocycles. The monoisotopic (exact) mass is 316 g/mol. The largest absolute Gasteiger partial charge is 0.370 e. The van der Waals surface area contributed by atoms with Gasteiger partial charge < -0.3 is 4.74 Å². The van der Waals surface area contributed by atoms with Crippen molar-refractivity contribution in [3.63, 3.8) is 0 Å². The van der Waals surface area contributed by atoms with Crippen LogP contribution in [0.1, 0.15) is 50.3 Å². The Morgan fingerprint density at radius 1 is 1.39 bits per heavy atom. The van der Waals surface area contributed by atoms with E-state index >= 15 is 0 Å². The van der Waals surface area contributed by atoms with Crippen LogP contribution < -0.4 is 0 Å². The number of ether oxygens (including phenoxy) is 1. The Bertz CT molecular complexity index is 685. The minimum Gasteiger partial charge on any atom is -0.370 e. The van der Waals surface area contributed by atoms with Gasteiger partial charge in [0.15, 0.2) is 0 Å². The van der Waals surface area contributed by atoms with E-state index < -0.39 is 0 Å². The summed E-state index contributed by atoms with van der Waals surface area (Å²) in [6, 6.07) is 2.45. The van der Waals surface area contributed by atoms with Gasteiger partial charge in [-0.3, -0.25) is 10.00 Å². The molecule has 4 rings (SSSR count). The van der Waals surface area contributed by atoms with Gasteiger partial charge in [-0.2, -0.15) is 5.10 Å². The van der Waals surface area contributed by atoms with Gasteiger partial charge in [0.1, 0.15) is 0 Å². The molecule has 124 valence electrons. The molecule has 2 aromatic rings. The Kier molecular flexibility index (Phi) is 3.50. The van der Waals surface area contributed by atoms with Gasteiger partial charge >= 0.3 is 0 Å². The highest BCUT2D eigenvalue weighted by molar-refractivity contribution is 5.16. The normalized spacial score (nSPS) is 25.2. The molecule has 1 N–H and O–H groups in total. The molecule has 0 amide bonds. The predicted octanol–water partition coefficient (Wildman–Crippen LogP) is 1.64. The summed E-state index contributed by atoms with van der Waals surface area (Å²) in [6.45, 7) is 10.0. The van der Waals surface area contributed by atoms with Gasteiger partial charge in [0.25, 0.3) is 0 Å². The van der Waals surface area contributed by atoms with Crippen molar-refractivity contribution in [2.75, 3.05) is 13.1 Å². The third-order valence-corrected chi connectivity index (χ3v) is 4.81. The summed E-state index contributed by atoms with van der Waals surface area (Å²) in [5.41, 5.74) is 3.43. The number of aromatic amines is 1. The number of nitrogens with one attached hydrogen (secondary N) is 1. The summed E-state index contributed by atoms with van der Waals surface area (Å²) in [6.07, 6.45) is 3.09. The van der Waals surface area contributed by atoms with Gasteiger partial charge in [-0.1, -0.05) is 26.0 Å². The molecule has 1 saturated heterocycles. The minimum atomic E-state index is 0.0780. The molecule has 2 aliphatic rings. The number of nitrogens with zero attached hydrogens (tertiary/aromatic N) is 5. The Morgan fingerprint density at radius 3 is 3.04 bits per heavy atom. The quantitative estimate of drug-likeness (QED) is 0.912. The van der Waals surface area contributed by atoms with E-state index in [9.17, 15) is 0 Å². The van der Waals surface area contributed by atoms with Crippen molar-refractivity contribution < 1.29 is 4.74 Å². The van der Waals surface area contributed by atoms with Gasteiger partial charge in [-0.25, -0.2) is 4.68 Å². The number of fused-ring (bicyclic) bond motifs is 3. The molecule has 2 unspecified atom stereocenters. The zero-order valence-electron chi connectivity index (χ0n) is 14.0. The first-order valence-corrected chi connectivity index (χ1v) is 8.28. The van der Waals surface area contributed by atoms with E-state index in [4.69, 9.17) is 4.74 Å². The topological polar surface area (TPSA) is 71.9 Å². The van der Waals surface area contributed by atoms with Crippen LogP contribution in [0.25, 0.3) is 0 Å². The van der Waals surface area contributed by atoms with Gasteiger partial charge in [-0.15, -0.1) is 5.10 Å². The molecular weight excluding hydrogens is 292 g/mol. The highest BCUT2D eigenvalue weighted by Gasteiger charge is 2.36. The van der Waals surface area contributed by atoms with Crippen molar-refractivity contribution in [3.05, 3.63) is 29.3 Å². The maximum atomic E-state index is 5.97. The summed E-state index contributed by atoms with van der Waals surface area (Å²) in [5.74, 6) is 0. The van der Waals surface area contributed by atoms with Crippen molar-refractivity contribution in [2.24, 2.45) is 0 Å². The third-order valence-electron chi connectivity index (χ3n) is 4.81. The Morgan fingerprint density at radius 2 is 2.26 bits per heavy atom. The molecule has 0 saturated carbocycles. The fraction of sp³-hybridized carbons (Fsp3) is 0.688. The SMILES string of the molecule is CC(C)(C)c1cc(CN2CCC3OCc4cnnn4C3C2)[nH]n1. The third kappa shape index (κ3) is 2.79. The molecule has 4 heterocycles. The first kappa shape index (κ1) is 14.8. The Hall–Kier alpha value is -1.73. The van der Waals surface area contributed by atoms with Crippen LogP contribution in [0.15, 0.2) is 12.3 Å². The van der Waals surface area contributed by atoms with Gasteiger partial charge in [0, 0.05) is 30.7 Å². The van der Waals surface area contributed by atoms with E-state index in [1.54, 1.807) is 6.20 Å². The first-order valence-electron chi connectivity index (χ1n) is 8.28. The molecule has 0 bridgehead atoms. The number of hydrogen-bond acceptors (Lipinski definition) is 5. The average Bonchev–Trinajstić information content (AvgIpc) is 3.15. The summed E-state index contributed by atoms with van der Waals surface area (Å²) >= 11 is 0. The van der Waals surface area contributed by atoms with Crippen LogP contribution in [0.5, 0.6) is 0 Å². The number of aromatic nitrogens is 5. The summed E-state index contributed by atoms with van der Waals surface area (Å²) in [5, 5.41) is 15.9. The fourth-order valence-electron chi connectivity index (χ4n) is 3.46. The van der Waals surface area contributed by atoms with Gasteiger partial charge in [0.05, 0.1) is 36.3 Å². The van der Waals surface area contributed by atoms with Crippen molar-refractivity contribution in [1.82, 2.24) is 30.1 Å². The Balaban J connectivity index is 1.47. The zero-order chi connectivity index (χ0) is 16.0. The molecule has 1 fully saturated rings. The zero-order valence-corrected chi connectivity index (χ0v) is 14.0. The van der Waals surface area contributed by atoms with Gasteiger partial charge in [-0.05, 0) is 12.5 Å². The van der Waals surface area contributed by atoms with Crippen LogP contribution in [-0.2, 0) is 23.3 Å². The lowest BCUT2D eigenvalue weighted by molar-refractivity contribution is -0.0671. The molecular formula is C16H24N6O. The predicted molar refractivity (Wildman–Crippen MR) is 84.8 cm³/mol. The molecule has 0 radical (unpaired) electrons. The van der Waals surface area contributed by atoms with Crippen molar-refractivity contribution in [1.29, 1.82) is 0 Å². The average molecular weight is 316 g/mol. The minimum absolute atomic E-state index is 0.0780. The van der Waals surface area contributed by atoms with E-state index in [0.717, 1.165) is 37.4 Å². The van der Waals surface area contributed by atoms with Crippen LogP contribution >= 0.6 is 0 Å². The lowest BCUT2D eigenvalue weighted by Gasteiger charge is -2.40. The van der Waals surface area contributed by atoms with Crippen LogP contribution in [0.4, 0.5) is 0 Å². The number of H-pyrrole nitrogens is 1. The molecule has 2 atom stereocenters. The molecule has 2 aliphatic heterocycles. The number of likely N-dealkylation sites (tertiary alicyclic amines) is 1. The van der Waals surface area contributed by atoms with Crippen LogP contribution in [-0.4, -0.2) is 49.3 Å². The molecule has 0 spiro atoms. The maximum Gasteiger partial charge on any atom is 0.0930 e. The highest BCUT2D eigenvalue weighted by atomic mass is 16.5. The number of piperidine rings is 1. The summed E-state index contributed by atoms with van der Waals surface area (Å²) < 4.78 is 8.02. The first-order chi connectivity index (χ1) is 11.0. The van der Waals surface area contributed by atoms with E-state index in [1.807, 2.05) is 4.68 Å². The second-order valence-electron chi connectivity index (χ2n) is 7.64. The second-order valence-corrected chi connectivity index (χ2v) is 7.64. The van der Waals surface area contributed by atoms with Crippen LogP contribution in [0, 0.1) is 0 Å². The van der Waals surface area contributed by atoms with Crippen molar-refractivity contribution >= 4 is 0 Å². The lowest BCUT2D eigenvalue weighted by Crippen LogP contribution is -2.47. The molecule has 23 heavy (non-hydrogen) atoms. The number of hydrogen-bond donors (Lipinski definition) is 1. The van der Waals surface area contributed by atoms with E-state index in [2.05, 4.69) is 52.2 Å². The van der Waals surface area contributed by atoms with Crippen molar-refractivity contribution in [3.8, 4) is 0 Å². The summed E-state index contributed by atoms with van der Waals surface area (Å²) in [4.78, 5) is 2.45. The maximum absolute atomic E-state index is 5.97. The summed E-state index contributed by atoms with van der Waals surface area (Å²) in [7, 11) is 0. The van der Waals surface area contributed by atoms with E-state index in [1.165, 1.54) is 5.69 Å². The fourth-order valence-corrected chi connectivity index (χ4v) is 3.46. The molecule has 7 heteroatoms. The lowest BCUT2D eigenvalue weighted by atomic mass is 9.92. The second kappa shape index (κ2) is 5.42. The molecule has 0 aliphatic carbocycles. The smallest absolute Gasteiger partial charge is 0.0930 e. The van der Waals surface area contributed by atoms with Crippen LogP contribution in [0.3, 0.4) is 0 Å². The van der Waals surface area contributed by atoms with Crippen LogP contribution in [0.2, 0.25) is 0 Å². The highest BCUT2D eigenvalue weighted by Crippen LogP contribution is 2.30. The van der Waals surface area contributed by atoms with E-state index in [0.29, 0.717) is 6.61 Å². The van der Waals surface area contributed by atoms with Gasteiger partial charge in [0.2, 0.25) is 0 Å². The molecule has 2 aromatic heterocycles. The van der Waals surface area contributed by atoms with Crippen molar-refractivity contribution in [2.45, 2.75) is 57.9 Å². The standard InChI is InChI=1S/C16H24N6O/c1-16(2,3)15-6-11(18-19-15)8-21-5-4-14-13(9-21)22-12(10-23-14)7-17-20-22/h6-7,13-14H,4-5,8-10H2,1-3H3,(H,18,19).